The SMILES string of the molecule is COC1CCC(NC(c2cccs2)C2CC2)C1. The van der Waals surface area contributed by atoms with Crippen molar-refractivity contribution in [3.8, 4) is 0 Å². The molecule has 1 N–H and O–H groups in total. The van der Waals surface area contributed by atoms with Gasteiger partial charge in [0.1, 0.15) is 0 Å². The predicted molar refractivity (Wildman–Crippen MR) is 71.4 cm³/mol. The van der Waals surface area contributed by atoms with Crippen LogP contribution in [0.1, 0.15) is 43.0 Å². The number of hydrogen-bond acceptors (Lipinski definition) is 3. The molecule has 1 aromatic rings. The maximum Gasteiger partial charge on any atom is 0.0586 e. The Balaban J connectivity index is 1.62. The lowest BCUT2D eigenvalue weighted by molar-refractivity contribution is 0.106. The van der Waals surface area contributed by atoms with Gasteiger partial charge in [0, 0.05) is 24.1 Å². The van der Waals surface area contributed by atoms with Crippen LogP contribution in [0.3, 0.4) is 0 Å². The van der Waals surface area contributed by atoms with Crippen LogP contribution < -0.4 is 5.32 Å². The van der Waals surface area contributed by atoms with E-state index < -0.39 is 0 Å². The molecule has 1 heterocycles. The molecule has 0 bridgehead atoms. The molecule has 94 valence electrons. The van der Waals surface area contributed by atoms with E-state index in [1.165, 1.54) is 37.0 Å². The van der Waals surface area contributed by atoms with Crippen LogP contribution in [0.4, 0.5) is 0 Å². The Hall–Kier alpha value is -0.380. The molecular weight excluding hydrogens is 230 g/mol. The Labute approximate surface area is 107 Å². The molecule has 3 unspecified atom stereocenters. The second kappa shape index (κ2) is 5.09. The minimum atomic E-state index is 0.482. The van der Waals surface area contributed by atoms with Gasteiger partial charge in [-0.05, 0) is 49.5 Å². The molecule has 0 aliphatic heterocycles. The average Bonchev–Trinajstić information content (AvgIpc) is 2.88. The molecule has 3 heteroatoms. The highest BCUT2D eigenvalue weighted by molar-refractivity contribution is 7.10. The van der Waals surface area contributed by atoms with E-state index in [9.17, 15) is 0 Å². The summed E-state index contributed by atoms with van der Waals surface area (Å²) >= 11 is 1.90. The van der Waals surface area contributed by atoms with E-state index in [4.69, 9.17) is 4.74 Å². The van der Waals surface area contributed by atoms with Crippen LogP contribution in [0.2, 0.25) is 0 Å². The standard InChI is InChI=1S/C14H21NOS/c1-16-12-7-6-11(9-12)15-14(10-4-5-10)13-3-2-8-17-13/h2-3,8,10-12,14-15H,4-7,9H2,1H3. The van der Waals surface area contributed by atoms with Gasteiger partial charge in [-0.25, -0.2) is 0 Å². The molecule has 3 rings (SSSR count). The molecule has 2 fully saturated rings. The number of rotatable bonds is 5. The monoisotopic (exact) mass is 251 g/mol. The summed E-state index contributed by atoms with van der Waals surface area (Å²) in [7, 11) is 1.84. The molecule has 0 amide bonds. The molecule has 2 aliphatic rings. The van der Waals surface area contributed by atoms with Crippen molar-refractivity contribution in [2.24, 2.45) is 5.92 Å². The summed E-state index contributed by atoms with van der Waals surface area (Å²) in [5.74, 6) is 0.884. The molecule has 0 spiro atoms. The average molecular weight is 251 g/mol. The van der Waals surface area contributed by atoms with Gasteiger partial charge in [-0.1, -0.05) is 6.07 Å². The number of hydrogen-bond donors (Lipinski definition) is 1. The van der Waals surface area contributed by atoms with Gasteiger partial charge in [0.25, 0.3) is 0 Å². The Morgan fingerprint density at radius 3 is 2.82 bits per heavy atom. The van der Waals surface area contributed by atoms with E-state index in [1.807, 2.05) is 18.4 Å². The Morgan fingerprint density at radius 2 is 2.24 bits per heavy atom. The normalized spacial score (nSPS) is 30.6. The van der Waals surface area contributed by atoms with Crippen LogP contribution in [0, 0.1) is 5.92 Å². The van der Waals surface area contributed by atoms with Crippen LogP contribution in [0.15, 0.2) is 17.5 Å². The smallest absolute Gasteiger partial charge is 0.0586 e. The molecule has 2 nitrogen and oxygen atoms in total. The quantitative estimate of drug-likeness (QED) is 0.866. The van der Waals surface area contributed by atoms with Gasteiger partial charge < -0.3 is 10.1 Å². The summed E-state index contributed by atoms with van der Waals surface area (Å²) in [5, 5.41) is 6.07. The Kier molecular flexibility index (Phi) is 3.50. The summed E-state index contributed by atoms with van der Waals surface area (Å²) in [4.78, 5) is 1.52. The van der Waals surface area contributed by atoms with Crippen LogP contribution in [0.25, 0.3) is 0 Å². The molecule has 0 radical (unpaired) electrons. The van der Waals surface area contributed by atoms with E-state index in [0.717, 1.165) is 5.92 Å². The third-order valence-corrected chi connectivity index (χ3v) is 5.03. The lowest BCUT2D eigenvalue weighted by Crippen LogP contribution is -2.32. The van der Waals surface area contributed by atoms with Gasteiger partial charge in [-0.2, -0.15) is 0 Å². The van der Waals surface area contributed by atoms with Crippen LogP contribution in [-0.4, -0.2) is 19.3 Å². The first-order valence-electron chi connectivity index (χ1n) is 6.69. The summed E-state index contributed by atoms with van der Waals surface area (Å²) in [6.07, 6.45) is 6.95. The first-order chi connectivity index (χ1) is 8.36. The van der Waals surface area contributed by atoms with Gasteiger partial charge in [0.2, 0.25) is 0 Å². The Bertz CT molecular complexity index is 347. The van der Waals surface area contributed by atoms with Crippen LogP contribution in [0.5, 0.6) is 0 Å². The van der Waals surface area contributed by atoms with E-state index in [2.05, 4.69) is 22.8 Å². The van der Waals surface area contributed by atoms with Crippen molar-refractivity contribution in [3.63, 3.8) is 0 Å². The van der Waals surface area contributed by atoms with E-state index in [1.54, 1.807) is 0 Å². The molecule has 0 saturated heterocycles. The minimum absolute atomic E-state index is 0.482. The summed E-state index contributed by atoms with van der Waals surface area (Å²) in [6.45, 7) is 0. The predicted octanol–water partition coefficient (Wildman–Crippen LogP) is 3.36. The molecule has 2 saturated carbocycles. The van der Waals surface area contributed by atoms with Gasteiger partial charge in [0.05, 0.1) is 6.10 Å². The second-order valence-electron chi connectivity index (χ2n) is 5.36. The van der Waals surface area contributed by atoms with Crippen molar-refractivity contribution in [1.82, 2.24) is 5.32 Å². The Morgan fingerprint density at radius 1 is 1.35 bits per heavy atom. The zero-order chi connectivity index (χ0) is 11.7. The highest BCUT2D eigenvalue weighted by atomic mass is 32.1. The fourth-order valence-electron chi connectivity index (χ4n) is 2.91. The van der Waals surface area contributed by atoms with Crippen molar-refractivity contribution in [2.75, 3.05) is 7.11 Å². The minimum Gasteiger partial charge on any atom is -0.381 e. The molecule has 2 aliphatic carbocycles. The molecule has 17 heavy (non-hydrogen) atoms. The first kappa shape index (κ1) is 11.7. The molecule has 1 aromatic heterocycles. The molecular formula is C14H21NOS. The van der Waals surface area contributed by atoms with Gasteiger partial charge >= 0.3 is 0 Å². The van der Waals surface area contributed by atoms with Crippen molar-refractivity contribution >= 4 is 11.3 Å². The zero-order valence-electron chi connectivity index (χ0n) is 10.4. The van der Waals surface area contributed by atoms with Crippen molar-refractivity contribution in [3.05, 3.63) is 22.4 Å². The highest BCUT2D eigenvalue weighted by Crippen LogP contribution is 2.43. The lowest BCUT2D eigenvalue weighted by Gasteiger charge is -2.22. The number of methoxy groups -OCH3 is 1. The zero-order valence-corrected chi connectivity index (χ0v) is 11.2. The third kappa shape index (κ3) is 2.72. The van der Waals surface area contributed by atoms with Gasteiger partial charge in [-0.15, -0.1) is 11.3 Å². The van der Waals surface area contributed by atoms with E-state index in [0.29, 0.717) is 18.2 Å². The fraction of sp³-hybridized carbons (Fsp3) is 0.714. The van der Waals surface area contributed by atoms with Crippen molar-refractivity contribution < 1.29 is 4.74 Å². The fourth-order valence-corrected chi connectivity index (χ4v) is 3.79. The number of nitrogens with one attached hydrogen (secondary N) is 1. The van der Waals surface area contributed by atoms with Crippen LogP contribution >= 0.6 is 11.3 Å². The summed E-state index contributed by atoms with van der Waals surface area (Å²) in [5.41, 5.74) is 0. The highest BCUT2D eigenvalue weighted by Gasteiger charge is 2.35. The largest absolute Gasteiger partial charge is 0.381 e. The second-order valence-corrected chi connectivity index (χ2v) is 6.34. The molecule has 0 aromatic carbocycles. The number of thiophene rings is 1. The van der Waals surface area contributed by atoms with Crippen LogP contribution in [-0.2, 0) is 4.74 Å². The third-order valence-electron chi connectivity index (χ3n) is 4.08. The van der Waals surface area contributed by atoms with Gasteiger partial charge in [-0.3, -0.25) is 0 Å². The topological polar surface area (TPSA) is 21.3 Å². The van der Waals surface area contributed by atoms with Crippen molar-refractivity contribution in [1.29, 1.82) is 0 Å². The maximum atomic E-state index is 5.45. The lowest BCUT2D eigenvalue weighted by atomic mass is 10.1. The summed E-state index contributed by atoms with van der Waals surface area (Å²) < 4.78 is 5.45. The maximum absolute atomic E-state index is 5.45. The van der Waals surface area contributed by atoms with Gasteiger partial charge in [0.15, 0.2) is 0 Å². The molecule has 3 atom stereocenters. The van der Waals surface area contributed by atoms with Crippen molar-refractivity contribution in [2.45, 2.75) is 50.3 Å². The summed E-state index contributed by atoms with van der Waals surface area (Å²) in [6, 6.07) is 5.72. The first-order valence-corrected chi connectivity index (χ1v) is 7.57. The van der Waals surface area contributed by atoms with E-state index >= 15 is 0 Å². The number of ether oxygens (including phenoxy) is 1. The van der Waals surface area contributed by atoms with E-state index in [-0.39, 0.29) is 0 Å².